The zero-order valence-corrected chi connectivity index (χ0v) is 12.6. The van der Waals surface area contributed by atoms with Crippen molar-refractivity contribution < 1.29 is 9.53 Å². The summed E-state index contributed by atoms with van der Waals surface area (Å²) >= 11 is 0. The topological polar surface area (TPSA) is 64.3 Å². The Bertz CT molecular complexity index is 230. The van der Waals surface area contributed by atoms with Gasteiger partial charge >= 0.3 is 0 Å². The van der Waals surface area contributed by atoms with Gasteiger partial charge in [-0.1, -0.05) is 27.7 Å². The molecule has 0 radical (unpaired) electrons. The van der Waals surface area contributed by atoms with Gasteiger partial charge in [0.05, 0.1) is 18.1 Å². The van der Waals surface area contributed by atoms with Crippen molar-refractivity contribution in [3.8, 4) is 0 Å². The van der Waals surface area contributed by atoms with E-state index in [4.69, 9.17) is 10.5 Å². The molecule has 0 rings (SSSR count). The fourth-order valence-corrected chi connectivity index (χ4v) is 1.92. The van der Waals surface area contributed by atoms with Crippen LogP contribution in [0, 0.1) is 11.3 Å². The van der Waals surface area contributed by atoms with Crippen LogP contribution in [0.3, 0.4) is 0 Å². The van der Waals surface area contributed by atoms with Crippen molar-refractivity contribution >= 4 is 5.91 Å². The third-order valence-corrected chi connectivity index (χ3v) is 3.85. The minimum absolute atomic E-state index is 0.0569. The Morgan fingerprint density at radius 1 is 1.28 bits per heavy atom. The molecule has 0 saturated carbocycles. The van der Waals surface area contributed by atoms with Crippen LogP contribution in [0.25, 0.3) is 0 Å². The van der Waals surface area contributed by atoms with Crippen LogP contribution in [0.15, 0.2) is 0 Å². The van der Waals surface area contributed by atoms with Crippen LogP contribution in [-0.4, -0.2) is 31.7 Å². The van der Waals surface area contributed by atoms with Gasteiger partial charge in [-0.2, -0.15) is 0 Å². The Balaban J connectivity index is 4.65. The van der Waals surface area contributed by atoms with E-state index in [0.717, 1.165) is 12.8 Å². The highest BCUT2D eigenvalue weighted by Gasteiger charge is 2.34. The number of carbonyl (C=O) groups excluding carboxylic acids is 1. The molecule has 0 heterocycles. The molecule has 0 fully saturated rings. The predicted molar refractivity (Wildman–Crippen MR) is 75.3 cm³/mol. The van der Waals surface area contributed by atoms with Gasteiger partial charge in [-0.15, -0.1) is 0 Å². The molecule has 0 aliphatic heterocycles. The molecule has 1 amide bonds. The van der Waals surface area contributed by atoms with Gasteiger partial charge in [0, 0.05) is 13.2 Å². The molecule has 108 valence electrons. The summed E-state index contributed by atoms with van der Waals surface area (Å²) in [5.74, 6) is 0.415. The van der Waals surface area contributed by atoms with Gasteiger partial charge in [-0.25, -0.2) is 0 Å². The van der Waals surface area contributed by atoms with Crippen molar-refractivity contribution in [1.82, 2.24) is 5.32 Å². The molecular formula is C14H30N2O2. The lowest BCUT2D eigenvalue weighted by molar-refractivity contribution is -0.132. The maximum atomic E-state index is 12.4. The summed E-state index contributed by atoms with van der Waals surface area (Å²) < 4.78 is 5.43. The molecule has 4 nitrogen and oxygen atoms in total. The molecule has 0 spiro atoms. The van der Waals surface area contributed by atoms with E-state index in [1.165, 1.54) is 0 Å². The standard InChI is InChI=1S/C14H30N2O2/c1-6-14(7-2,10-15)13(17)16-12(11(4)5)9-18-8-3/h11-12H,6-10,15H2,1-5H3,(H,16,17). The zero-order valence-electron chi connectivity index (χ0n) is 12.6. The van der Waals surface area contributed by atoms with Crippen LogP contribution in [0.2, 0.25) is 0 Å². The molecule has 0 aromatic heterocycles. The van der Waals surface area contributed by atoms with Gasteiger partial charge in [0.15, 0.2) is 0 Å². The van der Waals surface area contributed by atoms with E-state index < -0.39 is 5.41 Å². The van der Waals surface area contributed by atoms with Crippen LogP contribution in [0.4, 0.5) is 0 Å². The third kappa shape index (κ3) is 4.58. The quantitative estimate of drug-likeness (QED) is 0.664. The van der Waals surface area contributed by atoms with Crippen molar-refractivity contribution in [2.75, 3.05) is 19.8 Å². The van der Waals surface area contributed by atoms with E-state index in [-0.39, 0.29) is 11.9 Å². The molecule has 0 aromatic carbocycles. The zero-order chi connectivity index (χ0) is 14.2. The van der Waals surface area contributed by atoms with E-state index in [1.807, 2.05) is 20.8 Å². The number of ether oxygens (including phenoxy) is 1. The number of rotatable bonds is 9. The number of carbonyl (C=O) groups is 1. The Hall–Kier alpha value is -0.610. The number of nitrogens with two attached hydrogens (primary N) is 1. The average molecular weight is 258 g/mol. The van der Waals surface area contributed by atoms with E-state index in [9.17, 15) is 4.79 Å². The fourth-order valence-electron chi connectivity index (χ4n) is 1.92. The van der Waals surface area contributed by atoms with E-state index in [0.29, 0.717) is 25.7 Å². The van der Waals surface area contributed by atoms with Crippen LogP contribution in [0.1, 0.15) is 47.5 Å². The van der Waals surface area contributed by atoms with Crippen molar-refractivity contribution in [2.45, 2.75) is 53.5 Å². The van der Waals surface area contributed by atoms with Crippen LogP contribution >= 0.6 is 0 Å². The van der Waals surface area contributed by atoms with Crippen LogP contribution < -0.4 is 11.1 Å². The molecule has 0 bridgehead atoms. The lowest BCUT2D eigenvalue weighted by atomic mass is 9.81. The Morgan fingerprint density at radius 3 is 2.17 bits per heavy atom. The summed E-state index contributed by atoms with van der Waals surface area (Å²) in [7, 11) is 0. The molecule has 0 aliphatic carbocycles. The normalized spacial score (nSPS) is 13.7. The van der Waals surface area contributed by atoms with Gasteiger partial charge < -0.3 is 15.8 Å². The van der Waals surface area contributed by atoms with Crippen molar-refractivity contribution in [3.05, 3.63) is 0 Å². The summed E-state index contributed by atoms with van der Waals surface area (Å²) in [4.78, 5) is 12.4. The highest BCUT2D eigenvalue weighted by molar-refractivity contribution is 5.83. The predicted octanol–water partition coefficient (Wildman–Crippen LogP) is 1.93. The van der Waals surface area contributed by atoms with Crippen LogP contribution in [-0.2, 0) is 9.53 Å². The second-order valence-electron chi connectivity index (χ2n) is 5.17. The maximum Gasteiger partial charge on any atom is 0.227 e. The molecule has 0 aromatic rings. The largest absolute Gasteiger partial charge is 0.380 e. The van der Waals surface area contributed by atoms with Gasteiger partial charge in [0.1, 0.15) is 0 Å². The Kier molecular flexibility index (Phi) is 8.20. The molecule has 18 heavy (non-hydrogen) atoms. The van der Waals surface area contributed by atoms with Crippen molar-refractivity contribution in [3.63, 3.8) is 0 Å². The third-order valence-electron chi connectivity index (χ3n) is 3.85. The Morgan fingerprint density at radius 2 is 1.83 bits per heavy atom. The van der Waals surface area contributed by atoms with Crippen molar-refractivity contribution in [1.29, 1.82) is 0 Å². The summed E-state index contributed by atoms with van der Waals surface area (Å²) in [6.45, 7) is 11.8. The highest BCUT2D eigenvalue weighted by Crippen LogP contribution is 2.25. The summed E-state index contributed by atoms with van der Waals surface area (Å²) in [5, 5.41) is 3.10. The summed E-state index contributed by atoms with van der Waals surface area (Å²) in [6.07, 6.45) is 1.54. The van der Waals surface area contributed by atoms with Gasteiger partial charge in [-0.05, 0) is 25.7 Å². The fraction of sp³-hybridized carbons (Fsp3) is 0.929. The van der Waals surface area contributed by atoms with E-state index in [1.54, 1.807) is 0 Å². The molecule has 0 saturated heterocycles. The first kappa shape index (κ1) is 17.4. The summed E-state index contributed by atoms with van der Waals surface area (Å²) in [6, 6.07) is 0.0569. The number of nitrogens with one attached hydrogen (secondary N) is 1. The average Bonchev–Trinajstić information content (AvgIpc) is 2.36. The monoisotopic (exact) mass is 258 g/mol. The van der Waals surface area contributed by atoms with E-state index in [2.05, 4.69) is 19.2 Å². The lowest BCUT2D eigenvalue weighted by Crippen LogP contribution is -2.51. The van der Waals surface area contributed by atoms with Gasteiger partial charge in [-0.3, -0.25) is 4.79 Å². The first-order chi connectivity index (χ1) is 8.47. The van der Waals surface area contributed by atoms with E-state index >= 15 is 0 Å². The highest BCUT2D eigenvalue weighted by atomic mass is 16.5. The summed E-state index contributed by atoms with van der Waals surface area (Å²) in [5.41, 5.74) is 5.36. The minimum Gasteiger partial charge on any atom is -0.380 e. The smallest absolute Gasteiger partial charge is 0.227 e. The lowest BCUT2D eigenvalue weighted by Gasteiger charge is -2.32. The van der Waals surface area contributed by atoms with Crippen LogP contribution in [0.5, 0.6) is 0 Å². The molecular weight excluding hydrogens is 228 g/mol. The molecule has 4 heteroatoms. The van der Waals surface area contributed by atoms with Gasteiger partial charge in [0.2, 0.25) is 5.91 Å². The maximum absolute atomic E-state index is 12.4. The minimum atomic E-state index is -0.431. The first-order valence-electron chi connectivity index (χ1n) is 7.06. The Labute approximate surface area is 112 Å². The number of hydrogen-bond donors (Lipinski definition) is 2. The van der Waals surface area contributed by atoms with Crippen molar-refractivity contribution in [2.24, 2.45) is 17.1 Å². The molecule has 0 aliphatic rings. The second kappa shape index (κ2) is 8.48. The molecule has 1 atom stereocenters. The number of amides is 1. The first-order valence-corrected chi connectivity index (χ1v) is 7.06. The van der Waals surface area contributed by atoms with Gasteiger partial charge in [0.25, 0.3) is 0 Å². The molecule has 3 N–H and O–H groups in total. The SMILES string of the molecule is CCOCC(NC(=O)C(CC)(CC)CN)C(C)C. The molecule has 1 unspecified atom stereocenters. The second-order valence-corrected chi connectivity index (χ2v) is 5.17. The number of hydrogen-bond acceptors (Lipinski definition) is 3.